The van der Waals surface area contributed by atoms with Gasteiger partial charge in [-0.25, -0.2) is 9.07 Å². The molecule has 1 unspecified atom stereocenters. The Morgan fingerprint density at radius 2 is 2.12 bits per heavy atom. The van der Waals surface area contributed by atoms with E-state index in [1.807, 2.05) is 13.8 Å². The highest BCUT2D eigenvalue weighted by atomic mass is 19.1. The highest BCUT2D eigenvalue weighted by molar-refractivity contribution is 5.38. The zero-order valence-electron chi connectivity index (χ0n) is 9.18. The number of rotatable bonds is 2. The number of nitrogens with zero attached hydrogens (tertiary/aromatic N) is 3. The number of halogens is 1. The minimum Gasteiger partial charge on any atom is -0.384 e. The second-order valence-electron chi connectivity index (χ2n) is 3.77. The molecule has 84 valence electrons. The van der Waals surface area contributed by atoms with Crippen LogP contribution >= 0.6 is 0 Å². The van der Waals surface area contributed by atoms with Gasteiger partial charge in [0.25, 0.3) is 0 Å². The molecule has 2 rings (SSSR count). The number of aromatic nitrogens is 3. The molecular formula is C11H13FN4. The van der Waals surface area contributed by atoms with Gasteiger partial charge in [-0.05, 0) is 25.5 Å². The third-order valence-corrected chi connectivity index (χ3v) is 2.60. The van der Waals surface area contributed by atoms with Crippen molar-refractivity contribution < 1.29 is 4.39 Å². The summed E-state index contributed by atoms with van der Waals surface area (Å²) in [7, 11) is 0. The molecule has 2 N–H and O–H groups in total. The summed E-state index contributed by atoms with van der Waals surface area (Å²) in [4.78, 5) is 3.81. The van der Waals surface area contributed by atoms with Gasteiger partial charge < -0.3 is 5.73 Å². The highest BCUT2D eigenvalue weighted by Crippen LogP contribution is 2.21. The second-order valence-corrected chi connectivity index (χ2v) is 3.77. The number of nitrogens with two attached hydrogens (primary N) is 1. The van der Waals surface area contributed by atoms with Gasteiger partial charge in [0.2, 0.25) is 0 Å². The van der Waals surface area contributed by atoms with E-state index in [1.54, 1.807) is 17.1 Å². The molecule has 1 atom stereocenters. The van der Waals surface area contributed by atoms with Crippen LogP contribution in [0.1, 0.15) is 24.1 Å². The van der Waals surface area contributed by atoms with E-state index in [1.165, 1.54) is 12.3 Å². The Kier molecular flexibility index (Phi) is 2.60. The van der Waals surface area contributed by atoms with Crippen LogP contribution in [0, 0.1) is 12.7 Å². The Bertz CT molecular complexity index is 506. The maximum absolute atomic E-state index is 13.0. The van der Waals surface area contributed by atoms with Gasteiger partial charge in [0, 0.05) is 11.8 Å². The van der Waals surface area contributed by atoms with Crippen molar-refractivity contribution in [2.24, 2.45) is 0 Å². The lowest BCUT2D eigenvalue weighted by Crippen LogP contribution is -2.12. The lowest BCUT2D eigenvalue weighted by Gasteiger charge is -2.14. The lowest BCUT2D eigenvalue weighted by atomic mass is 10.1. The van der Waals surface area contributed by atoms with Crippen molar-refractivity contribution in [2.75, 3.05) is 5.73 Å². The number of pyridine rings is 1. The fourth-order valence-electron chi connectivity index (χ4n) is 1.56. The quantitative estimate of drug-likeness (QED) is 0.841. The monoisotopic (exact) mass is 220 g/mol. The second kappa shape index (κ2) is 3.92. The zero-order chi connectivity index (χ0) is 11.7. The van der Waals surface area contributed by atoms with E-state index in [0.717, 1.165) is 11.1 Å². The van der Waals surface area contributed by atoms with Crippen LogP contribution in [0.4, 0.5) is 10.2 Å². The molecule has 0 aliphatic rings. The topological polar surface area (TPSA) is 56.7 Å². The first-order chi connectivity index (χ1) is 7.59. The van der Waals surface area contributed by atoms with Gasteiger partial charge in [-0.2, -0.15) is 5.10 Å². The van der Waals surface area contributed by atoms with Crippen LogP contribution in [0.15, 0.2) is 24.7 Å². The third-order valence-electron chi connectivity index (χ3n) is 2.60. The molecule has 0 bridgehead atoms. The van der Waals surface area contributed by atoms with Gasteiger partial charge in [-0.15, -0.1) is 0 Å². The van der Waals surface area contributed by atoms with Crippen molar-refractivity contribution in [1.82, 2.24) is 14.8 Å². The van der Waals surface area contributed by atoms with Crippen molar-refractivity contribution in [2.45, 2.75) is 19.9 Å². The largest absolute Gasteiger partial charge is 0.384 e. The van der Waals surface area contributed by atoms with Crippen molar-refractivity contribution >= 4 is 5.82 Å². The summed E-state index contributed by atoms with van der Waals surface area (Å²) in [5.41, 5.74) is 7.52. The van der Waals surface area contributed by atoms with Crippen LogP contribution in [0.25, 0.3) is 0 Å². The Morgan fingerprint density at radius 3 is 2.69 bits per heavy atom. The molecule has 2 aromatic heterocycles. The summed E-state index contributed by atoms with van der Waals surface area (Å²) in [5, 5.41) is 4.16. The standard InChI is InChI=1S/C11H13FN4/c1-7-4-15-16(11(7)13)8(2)9-3-10(12)6-14-5-9/h3-6,8H,13H2,1-2H3. The minimum absolute atomic E-state index is 0.128. The zero-order valence-corrected chi connectivity index (χ0v) is 9.18. The summed E-state index contributed by atoms with van der Waals surface area (Å²) >= 11 is 0. The Labute approximate surface area is 92.9 Å². The highest BCUT2D eigenvalue weighted by Gasteiger charge is 2.13. The van der Waals surface area contributed by atoms with Crippen LogP contribution in [-0.4, -0.2) is 14.8 Å². The molecule has 0 fully saturated rings. The maximum Gasteiger partial charge on any atom is 0.141 e. The first-order valence-electron chi connectivity index (χ1n) is 4.99. The smallest absolute Gasteiger partial charge is 0.141 e. The fourth-order valence-corrected chi connectivity index (χ4v) is 1.56. The Balaban J connectivity index is 2.39. The Morgan fingerprint density at radius 1 is 1.38 bits per heavy atom. The number of aryl methyl sites for hydroxylation is 1. The van der Waals surface area contributed by atoms with E-state index < -0.39 is 0 Å². The molecule has 0 aliphatic carbocycles. The summed E-state index contributed by atoms with van der Waals surface area (Å²) < 4.78 is 14.7. The van der Waals surface area contributed by atoms with Crippen LogP contribution in [0.2, 0.25) is 0 Å². The molecule has 5 heteroatoms. The van der Waals surface area contributed by atoms with Gasteiger partial charge in [0.15, 0.2) is 0 Å². The van der Waals surface area contributed by atoms with Crippen molar-refractivity contribution in [3.63, 3.8) is 0 Å². The molecule has 2 aromatic rings. The van der Waals surface area contributed by atoms with E-state index in [4.69, 9.17) is 5.73 Å². The first-order valence-corrected chi connectivity index (χ1v) is 4.99. The molecule has 0 spiro atoms. The summed E-state index contributed by atoms with van der Waals surface area (Å²) in [6.07, 6.45) is 4.48. The van der Waals surface area contributed by atoms with E-state index in [0.29, 0.717) is 5.82 Å². The third kappa shape index (κ3) is 1.76. The number of hydrogen-bond donors (Lipinski definition) is 1. The molecule has 0 aliphatic heterocycles. The molecular weight excluding hydrogens is 207 g/mol. The average molecular weight is 220 g/mol. The molecule has 0 aromatic carbocycles. The van der Waals surface area contributed by atoms with Gasteiger partial charge in [-0.3, -0.25) is 4.98 Å². The van der Waals surface area contributed by atoms with Crippen LogP contribution in [0.3, 0.4) is 0 Å². The molecule has 16 heavy (non-hydrogen) atoms. The maximum atomic E-state index is 13.0. The average Bonchev–Trinajstić information content (AvgIpc) is 2.59. The first kappa shape index (κ1) is 10.6. The normalized spacial score (nSPS) is 12.7. The van der Waals surface area contributed by atoms with Gasteiger partial charge >= 0.3 is 0 Å². The predicted octanol–water partition coefficient (Wildman–Crippen LogP) is 1.92. The van der Waals surface area contributed by atoms with Crippen molar-refractivity contribution in [3.8, 4) is 0 Å². The molecule has 0 amide bonds. The van der Waals surface area contributed by atoms with E-state index in [9.17, 15) is 4.39 Å². The molecule has 4 nitrogen and oxygen atoms in total. The molecule has 0 saturated heterocycles. The van der Waals surface area contributed by atoms with E-state index >= 15 is 0 Å². The van der Waals surface area contributed by atoms with Crippen molar-refractivity contribution in [1.29, 1.82) is 0 Å². The minimum atomic E-state index is -0.355. The number of anilines is 1. The van der Waals surface area contributed by atoms with Gasteiger partial charge in [0.1, 0.15) is 11.6 Å². The molecule has 0 radical (unpaired) electrons. The number of hydrogen-bond acceptors (Lipinski definition) is 3. The van der Waals surface area contributed by atoms with Gasteiger partial charge in [0.05, 0.1) is 18.4 Å². The lowest BCUT2D eigenvalue weighted by molar-refractivity contribution is 0.559. The summed E-state index contributed by atoms with van der Waals surface area (Å²) in [6, 6.07) is 1.31. The van der Waals surface area contributed by atoms with Gasteiger partial charge in [-0.1, -0.05) is 0 Å². The SMILES string of the molecule is Cc1cnn(C(C)c2cncc(F)c2)c1N. The van der Waals surface area contributed by atoms with E-state index in [2.05, 4.69) is 10.1 Å². The fraction of sp³-hybridized carbons (Fsp3) is 0.273. The Hall–Kier alpha value is -1.91. The molecule has 2 heterocycles. The summed E-state index contributed by atoms with van der Waals surface area (Å²) in [5.74, 6) is 0.239. The van der Waals surface area contributed by atoms with Crippen LogP contribution in [-0.2, 0) is 0 Å². The van der Waals surface area contributed by atoms with Crippen LogP contribution in [0.5, 0.6) is 0 Å². The number of nitrogen functional groups attached to an aromatic ring is 1. The summed E-state index contributed by atoms with van der Waals surface area (Å²) in [6.45, 7) is 3.79. The molecule has 0 saturated carbocycles. The predicted molar refractivity (Wildman–Crippen MR) is 59.4 cm³/mol. The van der Waals surface area contributed by atoms with E-state index in [-0.39, 0.29) is 11.9 Å². The van der Waals surface area contributed by atoms with Crippen molar-refractivity contribution in [3.05, 3.63) is 41.6 Å². The van der Waals surface area contributed by atoms with Crippen LogP contribution < -0.4 is 5.73 Å².